The minimum Gasteiger partial charge on any atom is -0.372 e. The second-order valence-corrected chi connectivity index (χ2v) is 6.41. The zero-order valence-corrected chi connectivity index (χ0v) is 14.4. The molecule has 124 valence electrons. The van der Waals surface area contributed by atoms with E-state index >= 15 is 0 Å². The molecule has 0 amide bonds. The van der Waals surface area contributed by atoms with Crippen LogP contribution < -0.4 is 10.6 Å². The van der Waals surface area contributed by atoms with E-state index in [2.05, 4.69) is 84.8 Å². The molecule has 0 radical (unpaired) electrons. The second-order valence-electron chi connectivity index (χ2n) is 6.41. The fourth-order valence-electron chi connectivity index (χ4n) is 3.02. The summed E-state index contributed by atoms with van der Waals surface area (Å²) in [5, 5.41) is 6.79. The Balaban J connectivity index is 1.58. The fraction of sp³-hybridized carbons (Fsp3) is 0.273. The van der Waals surface area contributed by atoms with Gasteiger partial charge < -0.3 is 5.32 Å². The Morgan fingerprint density at radius 1 is 1.08 bits per heavy atom. The Morgan fingerprint density at radius 3 is 2.58 bits per heavy atom. The molecule has 0 bridgehead atoms. The maximum atomic E-state index is 3.96. The van der Waals surface area contributed by atoms with Crippen LogP contribution in [0.5, 0.6) is 0 Å². The zero-order chi connectivity index (χ0) is 16.8. The Bertz CT molecular complexity index is 713. The SMILES string of the molecule is C=C1CNC(Cc2cccc(/C=C/Cc3ccc(CC)cc3)c2)N1. The van der Waals surface area contributed by atoms with E-state index in [9.17, 15) is 0 Å². The Kier molecular flexibility index (Phi) is 5.50. The molecule has 0 spiro atoms. The third-order valence-corrected chi connectivity index (χ3v) is 4.43. The number of hydrogen-bond donors (Lipinski definition) is 2. The highest BCUT2D eigenvalue weighted by molar-refractivity contribution is 5.51. The zero-order valence-electron chi connectivity index (χ0n) is 14.4. The summed E-state index contributed by atoms with van der Waals surface area (Å²) >= 11 is 0. The molecule has 1 aliphatic rings. The van der Waals surface area contributed by atoms with Crippen LogP contribution in [0, 0.1) is 0 Å². The number of rotatable bonds is 6. The van der Waals surface area contributed by atoms with Gasteiger partial charge in [0.25, 0.3) is 0 Å². The molecule has 1 aliphatic heterocycles. The summed E-state index contributed by atoms with van der Waals surface area (Å²) in [7, 11) is 0. The summed E-state index contributed by atoms with van der Waals surface area (Å²) in [5.74, 6) is 0. The van der Waals surface area contributed by atoms with Crippen molar-refractivity contribution in [2.24, 2.45) is 0 Å². The monoisotopic (exact) mass is 318 g/mol. The smallest absolute Gasteiger partial charge is 0.0809 e. The average Bonchev–Trinajstić information content (AvgIpc) is 3.01. The first-order valence-electron chi connectivity index (χ1n) is 8.74. The largest absolute Gasteiger partial charge is 0.372 e. The Morgan fingerprint density at radius 2 is 1.88 bits per heavy atom. The summed E-state index contributed by atoms with van der Waals surface area (Å²) in [6, 6.07) is 17.6. The molecule has 1 fully saturated rings. The van der Waals surface area contributed by atoms with Crippen molar-refractivity contribution in [3.63, 3.8) is 0 Å². The number of aryl methyl sites for hydroxylation is 1. The van der Waals surface area contributed by atoms with E-state index in [1.807, 2.05) is 0 Å². The minimum atomic E-state index is 0.300. The van der Waals surface area contributed by atoms with Crippen molar-refractivity contribution in [2.45, 2.75) is 32.4 Å². The average molecular weight is 318 g/mol. The van der Waals surface area contributed by atoms with Crippen LogP contribution in [-0.4, -0.2) is 12.7 Å². The standard InChI is InChI=1S/C22H26N2/c1-3-18-10-12-19(13-11-18)6-4-7-20-8-5-9-21(14-20)15-22-23-16-17(2)24-22/h4-5,7-14,22-24H,2-3,6,15-16H2,1H3/b7-4+. The van der Waals surface area contributed by atoms with E-state index in [1.165, 1.54) is 22.3 Å². The van der Waals surface area contributed by atoms with Crippen LogP contribution >= 0.6 is 0 Å². The van der Waals surface area contributed by atoms with Gasteiger partial charge >= 0.3 is 0 Å². The lowest BCUT2D eigenvalue weighted by atomic mass is 10.0. The quantitative estimate of drug-likeness (QED) is 0.838. The van der Waals surface area contributed by atoms with Gasteiger partial charge in [0, 0.05) is 18.7 Å². The van der Waals surface area contributed by atoms with E-state index in [0.717, 1.165) is 31.5 Å². The van der Waals surface area contributed by atoms with E-state index in [4.69, 9.17) is 0 Å². The Labute approximate surface area is 145 Å². The third-order valence-electron chi connectivity index (χ3n) is 4.43. The highest BCUT2D eigenvalue weighted by Gasteiger charge is 2.15. The summed E-state index contributed by atoms with van der Waals surface area (Å²) in [6.45, 7) is 7.01. The molecule has 1 saturated heterocycles. The van der Waals surface area contributed by atoms with Gasteiger partial charge in [-0.25, -0.2) is 0 Å². The van der Waals surface area contributed by atoms with Gasteiger partial charge in [0.2, 0.25) is 0 Å². The summed E-state index contributed by atoms with van der Waals surface area (Å²) in [4.78, 5) is 0. The Hall–Kier alpha value is -2.32. The van der Waals surface area contributed by atoms with Crippen molar-refractivity contribution in [1.82, 2.24) is 10.6 Å². The van der Waals surface area contributed by atoms with Gasteiger partial charge in [-0.05, 0) is 35.1 Å². The van der Waals surface area contributed by atoms with E-state index in [0.29, 0.717) is 6.17 Å². The van der Waals surface area contributed by atoms with Gasteiger partial charge in [0.05, 0.1) is 6.17 Å². The van der Waals surface area contributed by atoms with Crippen LogP contribution in [0.25, 0.3) is 6.08 Å². The second kappa shape index (κ2) is 7.98. The maximum absolute atomic E-state index is 3.96. The molecule has 0 aromatic heterocycles. The van der Waals surface area contributed by atoms with E-state index < -0.39 is 0 Å². The molecular formula is C22H26N2. The molecule has 2 N–H and O–H groups in total. The van der Waals surface area contributed by atoms with Gasteiger partial charge in [0.1, 0.15) is 0 Å². The predicted octanol–water partition coefficient (Wildman–Crippen LogP) is 4.08. The maximum Gasteiger partial charge on any atom is 0.0809 e. The van der Waals surface area contributed by atoms with Crippen LogP contribution in [0.4, 0.5) is 0 Å². The lowest BCUT2D eigenvalue weighted by Gasteiger charge is -2.11. The first-order chi connectivity index (χ1) is 11.7. The molecule has 1 heterocycles. The summed E-state index contributed by atoms with van der Waals surface area (Å²) < 4.78 is 0. The number of benzene rings is 2. The first kappa shape index (κ1) is 16.5. The van der Waals surface area contributed by atoms with Crippen LogP contribution in [0.15, 0.2) is 66.9 Å². The molecule has 1 unspecified atom stereocenters. The van der Waals surface area contributed by atoms with Gasteiger partial charge in [0.15, 0.2) is 0 Å². The van der Waals surface area contributed by atoms with Crippen molar-refractivity contribution in [1.29, 1.82) is 0 Å². The molecule has 2 nitrogen and oxygen atoms in total. The molecule has 0 saturated carbocycles. The summed E-state index contributed by atoms with van der Waals surface area (Å²) in [6.07, 6.45) is 7.80. The van der Waals surface area contributed by atoms with Gasteiger partial charge in [-0.3, -0.25) is 5.32 Å². The number of nitrogens with one attached hydrogen (secondary N) is 2. The van der Waals surface area contributed by atoms with Crippen molar-refractivity contribution in [3.8, 4) is 0 Å². The predicted molar refractivity (Wildman–Crippen MR) is 103 cm³/mol. The molecule has 2 aromatic carbocycles. The fourth-order valence-corrected chi connectivity index (χ4v) is 3.02. The van der Waals surface area contributed by atoms with Gasteiger partial charge in [-0.1, -0.05) is 74.2 Å². The highest BCUT2D eigenvalue weighted by atomic mass is 15.2. The third kappa shape index (κ3) is 4.59. The van der Waals surface area contributed by atoms with E-state index in [1.54, 1.807) is 0 Å². The van der Waals surface area contributed by atoms with Crippen LogP contribution in [-0.2, 0) is 19.3 Å². The normalized spacial score (nSPS) is 17.4. The van der Waals surface area contributed by atoms with Crippen molar-refractivity contribution < 1.29 is 0 Å². The van der Waals surface area contributed by atoms with Crippen molar-refractivity contribution in [2.75, 3.05) is 6.54 Å². The summed E-state index contributed by atoms with van der Waals surface area (Å²) in [5.41, 5.74) is 6.42. The molecule has 0 aliphatic carbocycles. The lowest BCUT2D eigenvalue weighted by Crippen LogP contribution is -2.32. The molecular weight excluding hydrogens is 292 g/mol. The van der Waals surface area contributed by atoms with Crippen molar-refractivity contribution >= 4 is 6.08 Å². The first-order valence-corrected chi connectivity index (χ1v) is 8.74. The molecule has 24 heavy (non-hydrogen) atoms. The molecule has 3 rings (SSSR count). The molecule has 1 atom stereocenters. The molecule has 2 heteroatoms. The topological polar surface area (TPSA) is 24.1 Å². The highest BCUT2D eigenvalue weighted by Crippen LogP contribution is 2.12. The number of allylic oxidation sites excluding steroid dienone is 1. The number of hydrogen-bond acceptors (Lipinski definition) is 2. The van der Waals surface area contributed by atoms with E-state index in [-0.39, 0.29) is 0 Å². The van der Waals surface area contributed by atoms with Gasteiger partial charge in [-0.2, -0.15) is 0 Å². The van der Waals surface area contributed by atoms with Crippen LogP contribution in [0.1, 0.15) is 29.2 Å². The minimum absolute atomic E-state index is 0.300. The lowest BCUT2D eigenvalue weighted by molar-refractivity contribution is 0.558. The molecule has 2 aromatic rings. The van der Waals surface area contributed by atoms with Gasteiger partial charge in [-0.15, -0.1) is 0 Å². The van der Waals surface area contributed by atoms with Crippen LogP contribution in [0.2, 0.25) is 0 Å². The van der Waals surface area contributed by atoms with Crippen LogP contribution in [0.3, 0.4) is 0 Å². The van der Waals surface area contributed by atoms with Crippen molar-refractivity contribution in [3.05, 3.63) is 89.1 Å².